The van der Waals surface area contributed by atoms with Gasteiger partial charge >= 0.3 is 0 Å². The fourth-order valence-corrected chi connectivity index (χ4v) is 5.79. The lowest BCUT2D eigenvalue weighted by molar-refractivity contribution is 0.847. The summed E-state index contributed by atoms with van der Waals surface area (Å²) in [7, 11) is 0. The monoisotopic (exact) mass is 401 g/mol. The van der Waals surface area contributed by atoms with Crippen molar-refractivity contribution in [1.82, 2.24) is 4.98 Å². The highest BCUT2D eigenvalue weighted by Gasteiger charge is 2.21. The maximum Gasteiger partial charge on any atom is 0.0540 e. The highest BCUT2D eigenvalue weighted by atomic mass is 32.2. The molecule has 0 radical (unpaired) electrons. The van der Waals surface area contributed by atoms with Crippen molar-refractivity contribution in [3.05, 3.63) is 89.2 Å². The number of fused-ring (bicyclic) bond motifs is 4. The van der Waals surface area contributed by atoms with Crippen LogP contribution in [0.2, 0.25) is 0 Å². The van der Waals surface area contributed by atoms with Gasteiger partial charge in [-0.15, -0.1) is 0 Å². The molecule has 0 N–H and O–H groups in total. The van der Waals surface area contributed by atoms with Crippen molar-refractivity contribution in [3.63, 3.8) is 0 Å². The zero-order valence-corrected chi connectivity index (χ0v) is 17.8. The molecule has 3 heteroatoms. The summed E-state index contributed by atoms with van der Waals surface area (Å²) >= 11 is 3.81. The van der Waals surface area contributed by atoms with Gasteiger partial charge in [-0.1, -0.05) is 42.5 Å². The summed E-state index contributed by atoms with van der Waals surface area (Å²) in [6, 6.07) is 24.8. The van der Waals surface area contributed by atoms with E-state index < -0.39 is 0 Å². The summed E-state index contributed by atoms with van der Waals surface area (Å²) in [5, 5.41) is 6.21. The van der Waals surface area contributed by atoms with Crippen LogP contribution in [0.1, 0.15) is 33.0 Å². The molecular weight excluding hydrogens is 378 g/mol. The number of pyridine rings is 1. The first-order valence-corrected chi connectivity index (χ1v) is 12.3. The Labute approximate surface area is 175 Å². The Hall–Kier alpha value is -1.97. The average molecular weight is 402 g/mol. The third-order valence-corrected chi connectivity index (χ3v) is 7.85. The largest absolute Gasteiger partial charge is 0.255 e. The second-order valence-corrected chi connectivity index (χ2v) is 9.55. The fourth-order valence-electron chi connectivity index (χ4n) is 4.35. The van der Waals surface area contributed by atoms with Gasteiger partial charge in [0.25, 0.3) is 0 Å². The Morgan fingerprint density at radius 3 is 1.64 bits per heavy atom. The van der Waals surface area contributed by atoms with Crippen molar-refractivity contribution in [2.75, 3.05) is 12.5 Å². The average Bonchev–Trinajstić information content (AvgIpc) is 2.77. The summed E-state index contributed by atoms with van der Waals surface area (Å²) in [5.74, 6) is 0. The van der Waals surface area contributed by atoms with Crippen LogP contribution in [0.25, 0.3) is 21.5 Å². The minimum absolute atomic E-state index is 0.376. The van der Waals surface area contributed by atoms with Crippen molar-refractivity contribution < 1.29 is 0 Å². The van der Waals surface area contributed by atoms with Crippen molar-refractivity contribution in [1.29, 1.82) is 0 Å². The van der Waals surface area contributed by atoms with E-state index >= 15 is 0 Å². The van der Waals surface area contributed by atoms with E-state index in [0.717, 1.165) is 12.8 Å². The highest BCUT2D eigenvalue weighted by molar-refractivity contribution is 7.99. The molecule has 2 aliphatic rings. The van der Waals surface area contributed by atoms with Crippen LogP contribution in [0.5, 0.6) is 0 Å². The molecule has 2 unspecified atom stereocenters. The lowest BCUT2D eigenvalue weighted by Gasteiger charge is -2.17. The lowest BCUT2D eigenvalue weighted by Crippen LogP contribution is -2.05. The van der Waals surface area contributed by atoms with Gasteiger partial charge in [-0.2, -0.15) is 23.5 Å². The maximum atomic E-state index is 5.10. The van der Waals surface area contributed by atoms with Gasteiger partial charge in [0.15, 0.2) is 0 Å². The molecule has 0 spiro atoms. The maximum absolute atomic E-state index is 5.10. The van der Waals surface area contributed by atoms with Gasteiger partial charge < -0.3 is 0 Å². The third-order valence-electron chi connectivity index (χ3n) is 5.90. The van der Waals surface area contributed by atoms with E-state index in [2.05, 4.69) is 79.2 Å². The molecule has 4 aromatic rings. The van der Waals surface area contributed by atoms with E-state index in [1.807, 2.05) is 23.5 Å². The van der Waals surface area contributed by atoms with Crippen LogP contribution in [-0.4, -0.2) is 17.5 Å². The van der Waals surface area contributed by atoms with E-state index in [-0.39, 0.29) is 0 Å². The topological polar surface area (TPSA) is 12.9 Å². The molecule has 28 heavy (non-hydrogen) atoms. The van der Waals surface area contributed by atoms with Crippen LogP contribution >= 0.6 is 23.5 Å². The van der Waals surface area contributed by atoms with Crippen LogP contribution in [0.3, 0.4) is 0 Å². The van der Waals surface area contributed by atoms with Gasteiger partial charge in [-0.05, 0) is 82.3 Å². The first-order chi connectivity index (χ1) is 13.8. The third kappa shape index (κ3) is 3.11. The van der Waals surface area contributed by atoms with Gasteiger partial charge in [0.2, 0.25) is 0 Å². The predicted octanol–water partition coefficient (Wildman–Crippen LogP) is 7.00. The van der Waals surface area contributed by atoms with E-state index in [4.69, 9.17) is 4.98 Å². The standard InChI is InChI=1S/C25H23NS2/c1-27-24-14-18-10-11-19(15-25(28-2)23-9-5-8-22(24)26-23)21-13-17-7-4-3-6-16(17)12-20(18)21/h3-13,24-25H,14-15H2,1-2H3. The van der Waals surface area contributed by atoms with Crippen molar-refractivity contribution in [2.45, 2.75) is 23.3 Å². The number of aromatic nitrogens is 1. The van der Waals surface area contributed by atoms with E-state index in [0.29, 0.717) is 10.5 Å². The van der Waals surface area contributed by atoms with Crippen LogP contribution in [0, 0.1) is 0 Å². The second kappa shape index (κ2) is 7.46. The Morgan fingerprint density at radius 2 is 1.18 bits per heavy atom. The number of rotatable bonds is 2. The molecule has 2 aliphatic heterocycles. The Bertz CT molecular complexity index is 1080. The summed E-state index contributed by atoms with van der Waals surface area (Å²) in [6.07, 6.45) is 6.43. The van der Waals surface area contributed by atoms with Crippen molar-refractivity contribution in [3.8, 4) is 0 Å². The zero-order valence-electron chi connectivity index (χ0n) is 16.2. The zero-order chi connectivity index (χ0) is 19.1. The van der Waals surface area contributed by atoms with Gasteiger partial charge in [0.05, 0.1) is 21.9 Å². The molecule has 0 saturated carbocycles. The van der Waals surface area contributed by atoms with Gasteiger partial charge in [-0.25, -0.2) is 0 Å². The second-order valence-electron chi connectivity index (χ2n) is 7.47. The number of hydrogen-bond acceptors (Lipinski definition) is 3. The SMILES string of the molecule is CSC1Cc2ccc(c3cc4ccccc4cc23)CC(SC)c2cccc1n2. The van der Waals surface area contributed by atoms with Crippen molar-refractivity contribution in [2.24, 2.45) is 0 Å². The first-order valence-electron chi connectivity index (χ1n) is 9.72. The molecular formula is C25H23NS2. The summed E-state index contributed by atoms with van der Waals surface area (Å²) in [5.41, 5.74) is 5.28. The summed E-state index contributed by atoms with van der Waals surface area (Å²) < 4.78 is 0. The lowest BCUT2D eigenvalue weighted by atomic mass is 9.92. The molecule has 0 aliphatic carbocycles. The van der Waals surface area contributed by atoms with Crippen LogP contribution in [-0.2, 0) is 12.8 Å². The molecule has 0 amide bonds. The molecule has 0 saturated heterocycles. The number of nitrogens with zero attached hydrogens (tertiary/aromatic N) is 1. The number of benzene rings is 3. The molecule has 3 heterocycles. The minimum atomic E-state index is 0.376. The summed E-state index contributed by atoms with van der Waals surface area (Å²) in [4.78, 5) is 5.10. The molecule has 6 rings (SSSR count). The Balaban J connectivity index is 1.81. The molecule has 1 nitrogen and oxygen atoms in total. The first kappa shape index (κ1) is 18.1. The number of hydrogen-bond donors (Lipinski definition) is 0. The van der Waals surface area contributed by atoms with E-state index in [1.54, 1.807) is 0 Å². The molecule has 0 fully saturated rings. The normalized spacial score (nSPS) is 19.1. The van der Waals surface area contributed by atoms with E-state index in [1.165, 1.54) is 44.1 Å². The molecule has 140 valence electrons. The molecule has 3 aromatic carbocycles. The Morgan fingerprint density at radius 1 is 0.679 bits per heavy atom. The molecule has 2 atom stereocenters. The smallest absolute Gasteiger partial charge is 0.0540 e. The molecule has 1 aromatic heterocycles. The Kier molecular flexibility index (Phi) is 4.82. The van der Waals surface area contributed by atoms with Crippen LogP contribution in [0.4, 0.5) is 0 Å². The minimum Gasteiger partial charge on any atom is -0.255 e. The van der Waals surface area contributed by atoms with E-state index in [9.17, 15) is 0 Å². The van der Waals surface area contributed by atoms with Gasteiger partial charge in [0, 0.05) is 0 Å². The van der Waals surface area contributed by atoms with Crippen LogP contribution in [0.15, 0.2) is 66.7 Å². The summed E-state index contributed by atoms with van der Waals surface area (Å²) in [6.45, 7) is 0. The quantitative estimate of drug-likeness (QED) is 0.336. The number of thioether (sulfide) groups is 2. The fraction of sp³-hybridized carbons (Fsp3) is 0.240. The van der Waals surface area contributed by atoms with Gasteiger partial charge in [0.1, 0.15) is 0 Å². The van der Waals surface area contributed by atoms with Crippen LogP contribution < -0.4 is 0 Å². The predicted molar refractivity (Wildman–Crippen MR) is 126 cm³/mol. The van der Waals surface area contributed by atoms with Crippen molar-refractivity contribution >= 4 is 45.1 Å². The molecule has 4 bridgehead atoms. The highest BCUT2D eigenvalue weighted by Crippen LogP contribution is 2.39. The van der Waals surface area contributed by atoms with Gasteiger partial charge in [-0.3, -0.25) is 4.98 Å².